The third-order valence-corrected chi connectivity index (χ3v) is 2.19. The van der Waals surface area contributed by atoms with Gasteiger partial charge in [-0.1, -0.05) is 36.8 Å². The predicted molar refractivity (Wildman–Crippen MR) is 57.9 cm³/mol. The zero-order valence-electron chi connectivity index (χ0n) is 8.46. The number of benzene rings is 1. The molecule has 0 spiro atoms. The number of aryl methyl sites for hydroxylation is 1. The van der Waals surface area contributed by atoms with Crippen molar-refractivity contribution in [2.45, 2.75) is 20.4 Å². The third-order valence-electron chi connectivity index (χ3n) is 2.19. The minimum atomic E-state index is 0.629. The van der Waals surface area contributed by atoms with Crippen LogP contribution in [0.1, 0.15) is 18.1 Å². The Labute approximate surface area is 82.2 Å². The summed E-state index contributed by atoms with van der Waals surface area (Å²) in [5.41, 5.74) is 2.65. The van der Waals surface area contributed by atoms with Crippen molar-refractivity contribution in [3.05, 3.63) is 35.4 Å². The smallest absolute Gasteiger partial charge is 0.0863 e. The summed E-state index contributed by atoms with van der Waals surface area (Å²) >= 11 is 0. The number of nitrogens with zero attached hydrogens (tertiary/aromatic N) is 1. The van der Waals surface area contributed by atoms with E-state index in [0.29, 0.717) is 6.44 Å². The standard InChI is InChI=1S/C11H16BN/c1-3-13(9-12)8-11-6-4-5-10(2)7-11/h4-7H,3,8-9H2,1-2H3. The van der Waals surface area contributed by atoms with Crippen LogP contribution in [0.15, 0.2) is 24.3 Å². The van der Waals surface area contributed by atoms with E-state index in [-0.39, 0.29) is 0 Å². The van der Waals surface area contributed by atoms with E-state index in [1.807, 2.05) is 0 Å². The van der Waals surface area contributed by atoms with Gasteiger partial charge in [-0.05, 0) is 25.5 Å². The lowest BCUT2D eigenvalue weighted by molar-refractivity contribution is 0.327. The second-order valence-electron chi connectivity index (χ2n) is 3.32. The molecule has 68 valence electrons. The number of rotatable bonds is 4. The van der Waals surface area contributed by atoms with Gasteiger partial charge in [0.25, 0.3) is 0 Å². The average Bonchev–Trinajstić information content (AvgIpc) is 2.14. The average molecular weight is 173 g/mol. The highest BCUT2D eigenvalue weighted by Crippen LogP contribution is 2.06. The third kappa shape index (κ3) is 3.23. The molecule has 1 aromatic rings. The zero-order chi connectivity index (χ0) is 9.68. The first-order valence-electron chi connectivity index (χ1n) is 4.74. The van der Waals surface area contributed by atoms with Crippen molar-refractivity contribution >= 4 is 7.85 Å². The molecule has 2 radical (unpaired) electrons. The molecule has 0 aromatic heterocycles. The molecule has 0 N–H and O–H groups in total. The predicted octanol–water partition coefficient (Wildman–Crippen LogP) is 1.94. The van der Waals surface area contributed by atoms with Crippen molar-refractivity contribution in [3.63, 3.8) is 0 Å². The molecule has 13 heavy (non-hydrogen) atoms. The van der Waals surface area contributed by atoms with Crippen LogP contribution in [0.25, 0.3) is 0 Å². The minimum absolute atomic E-state index is 0.629. The van der Waals surface area contributed by atoms with Crippen LogP contribution in [0, 0.1) is 6.92 Å². The van der Waals surface area contributed by atoms with Crippen LogP contribution in [0.3, 0.4) is 0 Å². The van der Waals surface area contributed by atoms with E-state index < -0.39 is 0 Å². The van der Waals surface area contributed by atoms with E-state index in [1.54, 1.807) is 0 Å². The van der Waals surface area contributed by atoms with E-state index in [1.165, 1.54) is 11.1 Å². The van der Waals surface area contributed by atoms with Crippen molar-refractivity contribution < 1.29 is 0 Å². The van der Waals surface area contributed by atoms with E-state index in [0.717, 1.165) is 13.1 Å². The van der Waals surface area contributed by atoms with E-state index >= 15 is 0 Å². The van der Waals surface area contributed by atoms with Crippen LogP contribution in [0.4, 0.5) is 0 Å². The normalized spacial score (nSPS) is 10.7. The highest BCUT2D eigenvalue weighted by atomic mass is 15.1. The molecule has 0 aliphatic heterocycles. The topological polar surface area (TPSA) is 3.24 Å². The molecule has 1 aromatic carbocycles. The Kier molecular flexibility index (Phi) is 4.03. The van der Waals surface area contributed by atoms with Gasteiger partial charge in [-0.3, -0.25) is 0 Å². The Morgan fingerprint density at radius 2 is 2.15 bits per heavy atom. The first-order valence-corrected chi connectivity index (χ1v) is 4.74. The summed E-state index contributed by atoms with van der Waals surface area (Å²) in [4.78, 5) is 2.20. The molecular formula is C11H16BN. The largest absolute Gasteiger partial charge is 0.308 e. The highest BCUT2D eigenvalue weighted by molar-refractivity contribution is 6.08. The van der Waals surface area contributed by atoms with Gasteiger partial charge in [-0.2, -0.15) is 0 Å². The van der Waals surface area contributed by atoms with Gasteiger partial charge in [0.05, 0.1) is 7.85 Å². The Morgan fingerprint density at radius 3 is 2.69 bits per heavy atom. The Morgan fingerprint density at radius 1 is 1.38 bits per heavy atom. The summed E-state index contributed by atoms with van der Waals surface area (Å²) in [5.74, 6) is 0. The number of hydrogen-bond donors (Lipinski definition) is 0. The van der Waals surface area contributed by atoms with Crippen molar-refractivity contribution in [2.75, 3.05) is 13.0 Å². The van der Waals surface area contributed by atoms with E-state index in [9.17, 15) is 0 Å². The molecule has 0 aliphatic rings. The molecule has 0 heterocycles. The van der Waals surface area contributed by atoms with Crippen LogP contribution >= 0.6 is 0 Å². The maximum Gasteiger partial charge on any atom is 0.0863 e. The van der Waals surface area contributed by atoms with Gasteiger partial charge < -0.3 is 4.90 Å². The Bertz CT molecular complexity index is 256. The maximum absolute atomic E-state index is 5.60. The summed E-state index contributed by atoms with van der Waals surface area (Å²) in [6.07, 6.45) is 0.629. The van der Waals surface area contributed by atoms with Crippen LogP contribution < -0.4 is 0 Å². The van der Waals surface area contributed by atoms with Gasteiger partial charge in [0.1, 0.15) is 0 Å². The summed E-state index contributed by atoms with van der Waals surface area (Å²) < 4.78 is 0. The van der Waals surface area contributed by atoms with Crippen LogP contribution in [0.2, 0.25) is 0 Å². The van der Waals surface area contributed by atoms with Crippen molar-refractivity contribution in [3.8, 4) is 0 Å². The van der Waals surface area contributed by atoms with Crippen molar-refractivity contribution in [1.82, 2.24) is 4.90 Å². The molecular weight excluding hydrogens is 157 g/mol. The monoisotopic (exact) mass is 173 g/mol. The van der Waals surface area contributed by atoms with Gasteiger partial charge in [-0.15, -0.1) is 0 Å². The van der Waals surface area contributed by atoms with Crippen molar-refractivity contribution in [1.29, 1.82) is 0 Å². The molecule has 1 rings (SSSR count). The Balaban J connectivity index is 2.62. The molecule has 0 saturated heterocycles. The molecule has 0 amide bonds. The van der Waals surface area contributed by atoms with Gasteiger partial charge in [0, 0.05) is 6.54 Å². The van der Waals surface area contributed by atoms with Gasteiger partial charge in [0.15, 0.2) is 0 Å². The molecule has 0 bridgehead atoms. The van der Waals surface area contributed by atoms with Gasteiger partial charge >= 0.3 is 0 Å². The summed E-state index contributed by atoms with van der Waals surface area (Å²) in [6.45, 7) is 6.20. The van der Waals surface area contributed by atoms with Crippen LogP contribution in [0.5, 0.6) is 0 Å². The van der Waals surface area contributed by atoms with Gasteiger partial charge in [-0.25, -0.2) is 0 Å². The number of hydrogen-bond acceptors (Lipinski definition) is 1. The minimum Gasteiger partial charge on any atom is -0.308 e. The maximum atomic E-state index is 5.60. The first kappa shape index (κ1) is 10.3. The molecule has 1 nitrogen and oxygen atoms in total. The first-order chi connectivity index (χ1) is 6.26. The lowest BCUT2D eigenvalue weighted by Gasteiger charge is -2.18. The second kappa shape index (κ2) is 5.08. The quantitative estimate of drug-likeness (QED) is 0.629. The van der Waals surface area contributed by atoms with Crippen LogP contribution in [-0.2, 0) is 6.54 Å². The fourth-order valence-electron chi connectivity index (χ4n) is 1.37. The molecule has 0 atom stereocenters. The summed E-state index contributed by atoms with van der Waals surface area (Å²) in [7, 11) is 5.60. The Hall–Kier alpha value is -0.755. The van der Waals surface area contributed by atoms with E-state index in [4.69, 9.17) is 7.85 Å². The zero-order valence-corrected chi connectivity index (χ0v) is 8.46. The molecule has 0 saturated carbocycles. The lowest BCUT2D eigenvalue weighted by atomic mass is 10.1. The fourth-order valence-corrected chi connectivity index (χ4v) is 1.37. The molecule has 0 aliphatic carbocycles. The van der Waals surface area contributed by atoms with Crippen LogP contribution in [-0.4, -0.2) is 25.7 Å². The fraction of sp³-hybridized carbons (Fsp3) is 0.455. The summed E-state index contributed by atoms with van der Waals surface area (Å²) in [5, 5.41) is 0. The molecule has 2 heteroatoms. The van der Waals surface area contributed by atoms with E-state index in [2.05, 4.69) is 43.0 Å². The SMILES string of the molecule is [B]CN(CC)Cc1cccc(C)c1. The highest BCUT2D eigenvalue weighted by Gasteiger charge is 1.99. The molecule has 0 fully saturated rings. The summed E-state index contributed by atoms with van der Waals surface area (Å²) in [6, 6.07) is 8.56. The van der Waals surface area contributed by atoms with Gasteiger partial charge in [0.2, 0.25) is 0 Å². The molecule has 0 unspecified atom stereocenters. The lowest BCUT2D eigenvalue weighted by Crippen LogP contribution is -2.23. The second-order valence-corrected chi connectivity index (χ2v) is 3.32. The van der Waals surface area contributed by atoms with Crippen molar-refractivity contribution in [2.24, 2.45) is 0 Å².